The molecule has 3 aromatic rings. The third-order valence-electron chi connectivity index (χ3n) is 4.03. The highest BCUT2D eigenvalue weighted by Gasteiger charge is 2.32. The molecule has 1 N–H and O–H groups in total. The molecule has 25 heavy (non-hydrogen) atoms. The number of para-hydroxylation sites is 1. The molecule has 4 rings (SSSR count). The van der Waals surface area contributed by atoms with E-state index < -0.39 is 5.91 Å². The number of rotatable bonds is 3. The zero-order valence-corrected chi connectivity index (χ0v) is 13.2. The Labute approximate surface area is 142 Å². The summed E-state index contributed by atoms with van der Waals surface area (Å²) < 4.78 is 1.27. The van der Waals surface area contributed by atoms with Crippen molar-refractivity contribution in [3.05, 3.63) is 70.5 Å². The number of carbonyl (C=O) groups is 2. The number of hydrazine groups is 1. The highest BCUT2D eigenvalue weighted by molar-refractivity contribution is 5.99. The minimum absolute atomic E-state index is 0.127. The lowest BCUT2D eigenvalue weighted by atomic mass is 10.1. The number of nitrogens with zero attached hydrogens (tertiary/aromatic N) is 3. The summed E-state index contributed by atoms with van der Waals surface area (Å²) in [6.07, 6.45) is 0.127. The molecule has 1 aliphatic heterocycles. The lowest BCUT2D eigenvalue weighted by Gasteiger charge is -2.16. The van der Waals surface area contributed by atoms with Gasteiger partial charge in [0.25, 0.3) is 11.5 Å². The Morgan fingerprint density at radius 1 is 1.04 bits per heavy atom. The summed E-state index contributed by atoms with van der Waals surface area (Å²) in [6.45, 7) is -0.141. The Kier molecular flexibility index (Phi) is 3.53. The Morgan fingerprint density at radius 3 is 2.56 bits per heavy atom. The molecule has 0 saturated carbocycles. The van der Waals surface area contributed by atoms with Gasteiger partial charge in [0.05, 0.1) is 17.3 Å². The van der Waals surface area contributed by atoms with Crippen LogP contribution in [0.3, 0.4) is 0 Å². The monoisotopic (exact) mass is 334 g/mol. The summed E-state index contributed by atoms with van der Waals surface area (Å²) in [5.41, 5.74) is 3.56. The molecule has 1 aromatic heterocycles. The summed E-state index contributed by atoms with van der Waals surface area (Å²) >= 11 is 0. The molecule has 7 heteroatoms. The van der Waals surface area contributed by atoms with Gasteiger partial charge in [-0.25, -0.2) is 4.98 Å². The predicted molar refractivity (Wildman–Crippen MR) is 91.8 cm³/mol. The van der Waals surface area contributed by atoms with Crippen LogP contribution in [0.15, 0.2) is 59.4 Å². The normalized spacial score (nSPS) is 13.1. The molecule has 2 aromatic carbocycles. The fourth-order valence-electron chi connectivity index (χ4n) is 2.84. The van der Waals surface area contributed by atoms with E-state index in [2.05, 4.69) is 10.4 Å². The maximum atomic E-state index is 12.5. The van der Waals surface area contributed by atoms with Crippen LogP contribution in [0.4, 0.5) is 5.95 Å². The van der Waals surface area contributed by atoms with E-state index in [1.165, 1.54) is 4.57 Å². The highest BCUT2D eigenvalue weighted by Crippen LogP contribution is 2.19. The van der Waals surface area contributed by atoms with Crippen LogP contribution < -0.4 is 16.0 Å². The van der Waals surface area contributed by atoms with Crippen LogP contribution in [0.2, 0.25) is 0 Å². The van der Waals surface area contributed by atoms with Gasteiger partial charge in [0.1, 0.15) is 6.54 Å². The van der Waals surface area contributed by atoms with Gasteiger partial charge in [-0.3, -0.25) is 24.4 Å². The van der Waals surface area contributed by atoms with Gasteiger partial charge >= 0.3 is 0 Å². The van der Waals surface area contributed by atoms with Gasteiger partial charge in [-0.2, -0.15) is 5.01 Å². The lowest BCUT2D eigenvalue weighted by molar-refractivity contribution is -0.125. The number of nitrogens with one attached hydrogen (secondary N) is 1. The molecule has 2 amide bonds. The quantitative estimate of drug-likeness (QED) is 0.775. The largest absolute Gasteiger partial charge is 0.273 e. The molecule has 0 unspecified atom stereocenters. The SMILES string of the molecule is O=C(Cc1ccccc1)NN1C(=O)Cn2c1nc1ccccc1c2=O. The van der Waals surface area contributed by atoms with Crippen LogP contribution in [0.1, 0.15) is 5.56 Å². The average molecular weight is 334 g/mol. The second-order valence-corrected chi connectivity index (χ2v) is 5.75. The molecule has 0 fully saturated rings. The van der Waals surface area contributed by atoms with Crippen molar-refractivity contribution in [2.75, 3.05) is 5.01 Å². The number of amides is 2. The first-order valence-electron chi connectivity index (χ1n) is 7.79. The molecule has 0 atom stereocenters. The minimum Gasteiger partial charge on any atom is -0.273 e. The first-order valence-corrected chi connectivity index (χ1v) is 7.79. The summed E-state index contributed by atoms with van der Waals surface area (Å²) in [6, 6.07) is 16.1. The van der Waals surface area contributed by atoms with Crippen LogP contribution in [-0.4, -0.2) is 21.4 Å². The summed E-state index contributed by atoms with van der Waals surface area (Å²) in [7, 11) is 0. The zero-order valence-electron chi connectivity index (χ0n) is 13.2. The van der Waals surface area contributed by atoms with Crippen molar-refractivity contribution in [2.45, 2.75) is 13.0 Å². The van der Waals surface area contributed by atoms with E-state index in [1.807, 2.05) is 30.3 Å². The zero-order chi connectivity index (χ0) is 17.4. The molecule has 0 aliphatic carbocycles. The van der Waals surface area contributed by atoms with E-state index in [9.17, 15) is 14.4 Å². The molecular formula is C18H14N4O3. The number of hydrogen-bond acceptors (Lipinski definition) is 4. The van der Waals surface area contributed by atoms with Crippen molar-refractivity contribution < 1.29 is 9.59 Å². The number of anilines is 1. The van der Waals surface area contributed by atoms with E-state index >= 15 is 0 Å². The first kappa shape index (κ1) is 15.1. The molecule has 2 heterocycles. The van der Waals surface area contributed by atoms with Crippen molar-refractivity contribution >= 4 is 28.7 Å². The molecule has 0 radical (unpaired) electrons. The fraction of sp³-hybridized carbons (Fsp3) is 0.111. The number of aromatic nitrogens is 2. The van der Waals surface area contributed by atoms with Gasteiger partial charge in [0, 0.05) is 0 Å². The molecule has 7 nitrogen and oxygen atoms in total. The van der Waals surface area contributed by atoms with Crippen molar-refractivity contribution in [1.82, 2.24) is 15.0 Å². The Hall–Kier alpha value is -3.48. The summed E-state index contributed by atoms with van der Waals surface area (Å²) in [5.74, 6) is -0.619. The van der Waals surface area contributed by atoms with Crippen molar-refractivity contribution in [3.8, 4) is 0 Å². The lowest BCUT2D eigenvalue weighted by Crippen LogP contribution is -2.45. The van der Waals surface area contributed by atoms with Gasteiger partial charge in [-0.05, 0) is 17.7 Å². The van der Waals surface area contributed by atoms with Crippen LogP contribution in [0.25, 0.3) is 10.9 Å². The number of hydrogen-bond donors (Lipinski definition) is 1. The maximum absolute atomic E-state index is 12.5. The van der Waals surface area contributed by atoms with E-state index in [1.54, 1.807) is 24.3 Å². The molecule has 0 saturated heterocycles. The molecule has 1 aliphatic rings. The minimum atomic E-state index is -0.402. The van der Waals surface area contributed by atoms with Crippen LogP contribution >= 0.6 is 0 Å². The third-order valence-corrected chi connectivity index (χ3v) is 4.03. The topological polar surface area (TPSA) is 84.3 Å². The van der Waals surface area contributed by atoms with Gasteiger partial charge in [-0.15, -0.1) is 0 Å². The smallest absolute Gasteiger partial charge is 0.268 e. The highest BCUT2D eigenvalue weighted by atomic mass is 16.2. The number of benzene rings is 2. The Morgan fingerprint density at radius 2 is 1.76 bits per heavy atom. The van der Waals surface area contributed by atoms with E-state index in [0.29, 0.717) is 10.9 Å². The Bertz CT molecular complexity index is 1040. The molecule has 124 valence electrons. The van der Waals surface area contributed by atoms with Crippen molar-refractivity contribution in [2.24, 2.45) is 0 Å². The molecule has 0 spiro atoms. The van der Waals surface area contributed by atoms with Crippen LogP contribution in [0.5, 0.6) is 0 Å². The van der Waals surface area contributed by atoms with E-state index in [4.69, 9.17) is 0 Å². The number of carbonyl (C=O) groups excluding carboxylic acids is 2. The molecule has 0 bridgehead atoms. The summed E-state index contributed by atoms with van der Waals surface area (Å²) in [5, 5.41) is 1.50. The second-order valence-electron chi connectivity index (χ2n) is 5.75. The maximum Gasteiger partial charge on any atom is 0.268 e. The van der Waals surface area contributed by atoms with Gasteiger partial charge < -0.3 is 0 Å². The predicted octanol–water partition coefficient (Wildman–Crippen LogP) is 1.02. The average Bonchev–Trinajstić information content (AvgIpc) is 2.92. The van der Waals surface area contributed by atoms with Gasteiger partial charge in [0.15, 0.2) is 0 Å². The summed E-state index contributed by atoms with van der Waals surface area (Å²) in [4.78, 5) is 41.4. The Balaban J connectivity index is 1.65. The van der Waals surface area contributed by atoms with E-state index in [0.717, 1.165) is 10.6 Å². The number of fused-ring (bicyclic) bond motifs is 2. The second kappa shape index (κ2) is 5.86. The van der Waals surface area contributed by atoms with Crippen LogP contribution in [-0.2, 0) is 22.6 Å². The standard InChI is InChI=1S/C18H14N4O3/c23-15(10-12-6-2-1-3-7-12)20-22-16(24)11-21-17(25)13-8-4-5-9-14(13)19-18(21)22/h1-9H,10-11H2,(H,20,23). The fourth-order valence-corrected chi connectivity index (χ4v) is 2.84. The van der Waals surface area contributed by atoms with Crippen molar-refractivity contribution in [3.63, 3.8) is 0 Å². The molecular weight excluding hydrogens is 320 g/mol. The first-order chi connectivity index (χ1) is 12.1. The van der Waals surface area contributed by atoms with Gasteiger partial charge in [-0.1, -0.05) is 42.5 Å². The third kappa shape index (κ3) is 2.65. The van der Waals surface area contributed by atoms with Gasteiger partial charge in [0.2, 0.25) is 11.9 Å². The van der Waals surface area contributed by atoms with Crippen LogP contribution in [0, 0.1) is 0 Å². The van der Waals surface area contributed by atoms with E-state index in [-0.39, 0.29) is 30.4 Å². The van der Waals surface area contributed by atoms with Crippen molar-refractivity contribution in [1.29, 1.82) is 0 Å².